The number of rotatable bonds is 8. The molecule has 2 N–H and O–H groups in total. The Kier molecular flexibility index (Phi) is 7.98. The third kappa shape index (κ3) is 6.21. The average Bonchev–Trinajstić information content (AvgIpc) is 2.42. The van der Waals surface area contributed by atoms with Crippen LogP contribution in [0.4, 0.5) is 4.79 Å². The van der Waals surface area contributed by atoms with E-state index in [9.17, 15) is 9.59 Å². The monoisotopic (exact) mass is 288 g/mol. The summed E-state index contributed by atoms with van der Waals surface area (Å²) in [6.07, 6.45) is 1.64. The molecule has 7 nitrogen and oxygen atoms in total. The van der Waals surface area contributed by atoms with Gasteiger partial charge in [-0.2, -0.15) is 0 Å². The van der Waals surface area contributed by atoms with Crippen molar-refractivity contribution in [3.63, 3.8) is 0 Å². The van der Waals surface area contributed by atoms with E-state index in [1.807, 2.05) is 6.92 Å². The van der Waals surface area contributed by atoms with Crippen molar-refractivity contribution in [1.29, 1.82) is 0 Å². The summed E-state index contributed by atoms with van der Waals surface area (Å²) in [4.78, 5) is 24.3. The van der Waals surface area contributed by atoms with E-state index < -0.39 is 12.0 Å². The third-order valence-corrected chi connectivity index (χ3v) is 2.99. The Balaban J connectivity index is 2.26. The fourth-order valence-electron chi connectivity index (χ4n) is 2.01. The van der Waals surface area contributed by atoms with E-state index >= 15 is 0 Å². The van der Waals surface area contributed by atoms with Crippen molar-refractivity contribution in [2.45, 2.75) is 32.2 Å². The second-order valence-electron chi connectivity index (χ2n) is 4.72. The molecule has 1 unspecified atom stereocenters. The van der Waals surface area contributed by atoms with Crippen molar-refractivity contribution >= 4 is 12.0 Å². The van der Waals surface area contributed by atoms with Gasteiger partial charge in [0.25, 0.3) is 0 Å². The van der Waals surface area contributed by atoms with Crippen molar-refractivity contribution in [2.24, 2.45) is 0 Å². The minimum absolute atomic E-state index is 0.0902. The molecule has 1 fully saturated rings. The number of carboxylic acid groups (broad SMARTS) is 1. The second-order valence-corrected chi connectivity index (χ2v) is 4.72. The molecule has 1 atom stereocenters. The van der Waals surface area contributed by atoms with Gasteiger partial charge >= 0.3 is 12.0 Å². The van der Waals surface area contributed by atoms with E-state index in [1.54, 1.807) is 4.90 Å². The number of carbonyl (C=O) groups is 2. The van der Waals surface area contributed by atoms with Gasteiger partial charge in [-0.15, -0.1) is 0 Å². The lowest BCUT2D eigenvalue weighted by molar-refractivity contribution is -0.139. The Bertz CT molecular complexity index is 311. The first kappa shape index (κ1) is 16.7. The molecule has 1 aliphatic heterocycles. The summed E-state index contributed by atoms with van der Waals surface area (Å²) in [6.45, 7) is 5.08. The minimum atomic E-state index is -0.925. The maximum Gasteiger partial charge on any atom is 0.317 e. The van der Waals surface area contributed by atoms with Crippen molar-refractivity contribution in [1.82, 2.24) is 10.2 Å². The zero-order chi connectivity index (χ0) is 14.8. The number of morpholine rings is 1. The van der Waals surface area contributed by atoms with Gasteiger partial charge in [-0.05, 0) is 12.8 Å². The minimum Gasteiger partial charge on any atom is -0.481 e. The smallest absolute Gasteiger partial charge is 0.317 e. The van der Waals surface area contributed by atoms with Crippen molar-refractivity contribution in [3.05, 3.63) is 0 Å². The zero-order valence-corrected chi connectivity index (χ0v) is 12.0. The topological polar surface area (TPSA) is 88.1 Å². The lowest BCUT2D eigenvalue weighted by Gasteiger charge is -2.34. The van der Waals surface area contributed by atoms with Gasteiger partial charge in [0.05, 0.1) is 25.7 Å². The molecule has 1 saturated heterocycles. The molecule has 1 aliphatic rings. The van der Waals surface area contributed by atoms with E-state index in [0.29, 0.717) is 26.3 Å². The molecule has 20 heavy (non-hydrogen) atoms. The molecule has 0 radical (unpaired) electrons. The summed E-state index contributed by atoms with van der Waals surface area (Å²) in [5, 5.41) is 11.6. The van der Waals surface area contributed by atoms with Gasteiger partial charge in [0, 0.05) is 26.3 Å². The van der Waals surface area contributed by atoms with Gasteiger partial charge in [0.1, 0.15) is 0 Å². The predicted molar refractivity (Wildman–Crippen MR) is 72.7 cm³/mol. The summed E-state index contributed by atoms with van der Waals surface area (Å²) < 4.78 is 10.5. The maximum absolute atomic E-state index is 12.0. The first-order chi connectivity index (χ1) is 9.65. The summed E-state index contributed by atoms with van der Waals surface area (Å²) >= 11 is 0. The fraction of sp³-hybridized carbons (Fsp3) is 0.846. The Morgan fingerprint density at radius 3 is 2.95 bits per heavy atom. The second kappa shape index (κ2) is 9.55. The van der Waals surface area contributed by atoms with Gasteiger partial charge < -0.3 is 24.8 Å². The van der Waals surface area contributed by atoms with Crippen LogP contribution in [0.25, 0.3) is 0 Å². The number of aliphatic carboxylic acids is 1. The molecule has 7 heteroatoms. The lowest BCUT2D eigenvalue weighted by atomic mass is 10.1. The average molecular weight is 288 g/mol. The Labute approximate surface area is 119 Å². The number of amides is 2. The highest BCUT2D eigenvalue weighted by Crippen LogP contribution is 2.10. The number of nitrogens with zero attached hydrogens (tertiary/aromatic N) is 1. The van der Waals surface area contributed by atoms with Gasteiger partial charge in [-0.1, -0.05) is 6.92 Å². The van der Waals surface area contributed by atoms with Crippen molar-refractivity contribution in [3.8, 4) is 0 Å². The van der Waals surface area contributed by atoms with Crippen LogP contribution in [0.1, 0.15) is 26.2 Å². The van der Waals surface area contributed by atoms with Crippen LogP contribution in [-0.4, -0.2) is 67.6 Å². The molecule has 2 amide bonds. The largest absolute Gasteiger partial charge is 0.481 e. The zero-order valence-electron chi connectivity index (χ0n) is 12.0. The molecule has 0 aromatic rings. The first-order valence-electron chi connectivity index (χ1n) is 7.07. The van der Waals surface area contributed by atoms with E-state index in [-0.39, 0.29) is 19.1 Å². The highest BCUT2D eigenvalue weighted by molar-refractivity contribution is 5.76. The van der Waals surface area contributed by atoms with Crippen LogP contribution in [0.5, 0.6) is 0 Å². The number of urea groups is 1. The lowest BCUT2D eigenvalue weighted by Crippen LogP contribution is -2.53. The number of hydrogen-bond acceptors (Lipinski definition) is 4. The molecular weight excluding hydrogens is 264 g/mol. The number of carbonyl (C=O) groups excluding carboxylic acids is 1. The molecule has 0 aromatic heterocycles. The third-order valence-electron chi connectivity index (χ3n) is 2.99. The highest BCUT2D eigenvalue weighted by atomic mass is 16.5. The van der Waals surface area contributed by atoms with Gasteiger partial charge in [0.15, 0.2) is 0 Å². The number of nitrogens with one attached hydrogen (secondary N) is 1. The van der Waals surface area contributed by atoms with Crippen LogP contribution >= 0.6 is 0 Å². The Hall–Kier alpha value is -1.34. The van der Waals surface area contributed by atoms with E-state index in [4.69, 9.17) is 14.6 Å². The molecule has 0 bridgehead atoms. The van der Waals surface area contributed by atoms with Gasteiger partial charge in [-0.3, -0.25) is 4.79 Å². The molecule has 1 rings (SSSR count). The number of hydrogen-bond donors (Lipinski definition) is 2. The molecule has 1 heterocycles. The van der Waals surface area contributed by atoms with Crippen LogP contribution in [0, 0.1) is 0 Å². The molecule has 116 valence electrons. The standard InChI is InChI=1S/C13H24N2O5/c1-2-6-19-7-3-4-14-13(18)15-5-8-20-10-11(15)9-12(16)17/h11H,2-10H2,1H3,(H,14,18)(H,16,17). The van der Waals surface area contributed by atoms with E-state index in [1.165, 1.54) is 0 Å². The van der Waals surface area contributed by atoms with E-state index in [0.717, 1.165) is 19.4 Å². The highest BCUT2D eigenvalue weighted by Gasteiger charge is 2.28. The summed E-state index contributed by atoms with van der Waals surface area (Å²) in [5.41, 5.74) is 0. The number of carboxylic acids is 1. The normalized spacial score (nSPS) is 18.9. The van der Waals surface area contributed by atoms with Crippen LogP contribution in [-0.2, 0) is 14.3 Å². The summed E-state index contributed by atoms with van der Waals surface area (Å²) in [7, 11) is 0. The Morgan fingerprint density at radius 1 is 1.45 bits per heavy atom. The van der Waals surface area contributed by atoms with Crippen LogP contribution in [0.15, 0.2) is 0 Å². The summed E-state index contributed by atoms with van der Waals surface area (Å²) in [5.74, 6) is -0.925. The predicted octanol–water partition coefficient (Wildman–Crippen LogP) is 0.688. The molecule has 0 aromatic carbocycles. The van der Waals surface area contributed by atoms with Crippen LogP contribution < -0.4 is 5.32 Å². The van der Waals surface area contributed by atoms with Gasteiger partial charge in [0.2, 0.25) is 0 Å². The fourth-order valence-corrected chi connectivity index (χ4v) is 2.01. The van der Waals surface area contributed by atoms with E-state index in [2.05, 4.69) is 5.32 Å². The van der Waals surface area contributed by atoms with Crippen molar-refractivity contribution < 1.29 is 24.2 Å². The molecular formula is C13H24N2O5. The quantitative estimate of drug-likeness (QED) is 0.642. The first-order valence-corrected chi connectivity index (χ1v) is 7.07. The number of ether oxygens (including phenoxy) is 2. The SMILES string of the molecule is CCCOCCCNC(=O)N1CCOCC1CC(=O)O. The van der Waals surface area contributed by atoms with Crippen LogP contribution in [0.3, 0.4) is 0 Å². The maximum atomic E-state index is 12.0. The van der Waals surface area contributed by atoms with Gasteiger partial charge in [-0.25, -0.2) is 4.79 Å². The molecule has 0 aliphatic carbocycles. The molecule has 0 saturated carbocycles. The molecule has 0 spiro atoms. The van der Waals surface area contributed by atoms with Crippen LogP contribution in [0.2, 0.25) is 0 Å². The Morgan fingerprint density at radius 2 is 2.25 bits per heavy atom. The van der Waals surface area contributed by atoms with Crippen molar-refractivity contribution in [2.75, 3.05) is 39.5 Å². The summed E-state index contributed by atoms with van der Waals surface area (Å²) in [6, 6.07) is -0.618.